The highest BCUT2D eigenvalue weighted by Crippen LogP contribution is 2.16. The molecule has 1 amide bonds. The Balaban J connectivity index is 1.72. The molecule has 0 radical (unpaired) electrons. The van der Waals surface area contributed by atoms with Gasteiger partial charge in [0.15, 0.2) is 0 Å². The van der Waals surface area contributed by atoms with Crippen LogP contribution >= 0.6 is 12.6 Å². The lowest BCUT2D eigenvalue weighted by Gasteiger charge is -2.06. The summed E-state index contributed by atoms with van der Waals surface area (Å²) < 4.78 is 0. The van der Waals surface area contributed by atoms with Gasteiger partial charge in [-0.25, -0.2) is 0 Å². The van der Waals surface area contributed by atoms with E-state index in [9.17, 15) is 4.79 Å². The van der Waals surface area contributed by atoms with Crippen molar-refractivity contribution >= 4 is 35.1 Å². The quantitative estimate of drug-likeness (QED) is 0.723. The van der Waals surface area contributed by atoms with Crippen molar-refractivity contribution in [2.24, 2.45) is 0 Å². The van der Waals surface area contributed by atoms with Crippen LogP contribution in [0.25, 0.3) is 10.9 Å². The van der Waals surface area contributed by atoms with Crippen LogP contribution in [0, 0.1) is 0 Å². The minimum atomic E-state index is -0.0565. The second kappa shape index (κ2) is 5.97. The van der Waals surface area contributed by atoms with E-state index in [1.165, 1.54) is 0 Å². The Hall–Kier alpha value is -2.33. The van der Waals surface area contributed by atoms with Crippen LogP contribution in [-0.2, 0) is 11.2 Å². The van der Waals surface area contributed by atoms with Crippen LogP contribution < -0.4 is 5.32 Å². The minimum absolute atomic E-state index is 0.0565. The highest BCUT2D eigenvalue weighted by atomic mass is 32.1. The summed E-state index contributed by atoms with van der Waals surface area (Å²) in [5.74, 6) is -0.0565. The van der Waals surface area contributed by atoms with Crippen molar-refractivity contribution in [3.05, 3.63) is 66.4 Å². The van der Waals surface area contributed by atoms with Gasteiger partial charge < -0.3 is 5.32 Å². The van der Waals surface area contributed by atoms with Crippen LogP contribution in [0.2, 0.25) is 0 Å². The van der Waals surface area contributed by atoms with Crippen LogP contribution in [-0.4, -0.2) is 10.9 Å². The summed E-state index contributed by atoms with van der Waals surface area (Å²) in [5.41, 5.74) is 2.59. The molecule has 0 aliphatic carbocycles. The van der Waals surface area contributed by atoms with Gasteiger partial charge in [0.05, 0.1) is 23.8 Å². The number of benzene rings is 2. The van der Waals surface area contributed by atoms with Gasteiger partial charge in [-0.05, 0) is 29.8 Å². The zero-order valence-corrected chi connectivity index (χ0v) is 12.2. The molecule has 104 valence electrons. The average molecular weight is 294 g/mol. The van der Waals surface area contributed by atoms with Crippen LogP contribution in [0.3, 0.4) is 0 Å². The Morgan fingerprint density at radius 1 is 1.10 bits per heavy atom. The molecule has 0 saturated carbocycles. The van der Waals surface area contributed by atoms with Crippen LogP contribution in [0.5, 0.6) is 0 Å². The zero-order chi connectivity index (χ0) is 14.7. The SMILES string of the molecule is O=C(Cc1ccc(S)cc1)Nc1cnc2ccccc2c1. The van der Waals surface area contributed by atoms with Crippen molar-refractivity contribution in [1.82, 2.24) is 4.98 Å². The summed E-state index contributed by atoms with van der Waals surface area (Å²) >= 11 is 4.23. The van der Waals surface area contributed by atoms with Gasteiger partial charge in [-0.1, -0.05) is 30.3 Å². The van der Waals surface area contributed by atoms with E-state index < -0.39 is 0 Å². The first-order valence-electron chi connectivity index (χ1n) is 6.63. The summed E-state index contributed by atoms with van der Waals surface area (Å²) in [6, 6.07) is 17.3. The van der Waals surface area contributed by atoms with Crippen molar-refractivity contribution in [2.75, 3.05) is 5.32 Å². The first-order valence-corrected chi connectivity index (χ1v) is 7.08. The van der Waals surface area contributed by atoms with E-state index in [0.717, 1.165) is 21.4 Å². The molecule has 1 heterocycles. The maximum absolute atomic E-state index is 12.0. The van der Waals surface area contributed by atoms with E-state index in [1.807, 2.05) is 54.6 Å². The largest absolute Gasteiger partial charge is 0.324 e. The molecule has 0 unspecified atom stereocenters. The Bertz CT molecular complexity index is 784. The number of fused-ring (bicyclic) bond motifs is 1. The summed E-state index contributed by atoms with van der Waals surface area (Å²) in [7, 11) is 0. The molecule has 0 aliphatic heterocycles. The van der Waals surface area contributed by atoms with Crippen LogP contribution in [0.4, 0.5) is 5.69 Å². The third kappa shape index (κ3) is 3.41. The van der Waals surface area contributed by atoms with E-state index in [0.29, 0.717) is 12.1 Å². The number of thiol groups is 1. The first-order chi connectivity index (χ1) is 10.2. The second-order valence-electron chi connectivity index (χ2n) is 4.81. The Kier molecular flexibility index (Phi) is 3.88. The fourth-order valence-electron chi connectivity index (χ4n) is 2.14. The number of carbonyl (C=O) groups is 1. The summed E-state index contributed by atoms with van der Waals surface area (Å²) in [4.78, 5) is 17.3. The number of pyridine rings is 1. The smallest absolute Gasteiger partial charge is 0.228 e. The van der Waals surface area contributed by atoms with Crippen molar-refractivity contribution in [2.45, 2.75) is 11.3 Å². The van der Waals surface area contributed by atoms with Gasteiger partial charge in [-0.3, -0.25) is 9.78 Å². The molecule has 4 heteroatoms. The van der Waals surface area contributed by atoms with Gasteiger partial charge in [0, 0.05) is 10.3 Å². The van der Waals surface area contributed by atoms with Crippen molar-refractivity contribution < 1.29 is 4.79 Å². The van der Waals surface area contributed by atoms with Gasteiger partial charge in [-0.15, -0.1) is 12.6 Å². The highest BCUT2D eigenvalue weighted by Gasteiger charge is 2.05. The van der Waals surface area contributed by atoms with E-state index >= 15 is 0 Å². The Labute approximate surface area is 128 Å². The highest BCUT2D eigenvalue weighted by molar-refractivity contribution is 7.80. The molecule has 0 bridgehead atoms. The predicted octanol–water partition coefficient (Wildman–Crippen LogP) is 3.70. The maximum atomic E-state index is 12.0. The molecular weight excluding hydrogens is 280 g/mol. The summed E-state index contributed by atoms with van der Waals surface area (Å²) in [6.45, 7) is 0. The molecule has 3 rings (SSSR count). The minimum Gasteiger partial charge on any atom is -0.324 e. The third-order valence-electron chi connectivity index (χ3n) is 3.18. The molecule has 0 fully saturated rings. The fraction of sp³-hybridized carbons (Fsp3) is 0.0588. The number of hydrogen-bond donors (Lipinski definition) is 2. The molecule has 21 heavy (non-hydrogen) atoms. The van der Waals surface area contributed by atoms with Crippen molar-refractivity contribution in [3.63, 3.8) is 0 Å². The summed E-state index contributed by atoms with van der Waals surface area (Å²) in [6.07, 6.45) is 2.01. The average Bonchev–Trinajstić information content (AvgIpc) is 2.49. The first kappa shape index (κ1) is 13.6. The molecule has 0 spiro atoms. The second-order valence-corrected chi connectivity index (χ2v) is 5.32. The fourth-order valence-corrected chi connectivity index (χ4v) is 2.29. The monoisotopic (exact) mass is 294 g/mol. The zero-order valence-electron chi connectivity index (χ0n) is 11.3. The molecule has 2 aromatic carbocycles. The molecule has 1 aromatic heterocycles. The topological polar surface area (TPSA) is 42.0 Å². The normalized spacial score (nSPS) is 10.5. The summed E-state index contributed by atoms with van der Waals surface area (Å²) in [5, 5.41) is 3.89. The van der Waals surface area contributed by atoms with Gasteiger partial charge >= 0.3 is 0 Å². The lowest BCUT2D eigenvalue weighted by molar-refractivity contribution is -0.115. The number of hydrogen-bond acceptors (Lipinski definition) is 3. The van der Waals surface area contributed by atoms with E-state index in [-0.39, 0.29) is 5.91 Å². The number of nitrogens with one attached hydrogen (secondary N) is 1. The molecule has 0 saturated heterocycles. The molecular formula is C17H14N2OS. The lowest BCUT2D eigenvalue weighted by Crippen LogP contribution is -2.14. The van der Waals surface area contributed by atoms with Crippen LogP contribution in [0.1, 0.15) is 5.56 Å². The van der Waals surface area contributed by atoms with E-state index in [4.69, 9.17) is 0 Å². The Morgan fingerprint density at radius 3 is 2.67 bits per heavy atom. The number of anilines is 1. The molecule has 0 atom stereocenters. The molecule has 3 aromatic rings. The van der Waals surface area contributed by atoms with Crippen molar-refractivity contribution in [1.29, 1.82) is 0 Å². The molecule has 1 N–H and O–H groups in total. The maximum Gasteiger partial charge on any atom is 0.228 e. The van der Waals surface area contributed by atoms with Gasteiger partial charge in [0.1, 0.15) is 0 Å². The number of amides is 1. The number of carbonyl (C=O) groups excluding carboxylic acids is 1. The predicted molar refractivity (Wildman–Crippen MR) is 87.8 cm³/mol. The standard InChI is InChI=1S/C17H14N2OS/c20-17(9-12-5-7-15(21)8-6-12)19-14-10-13-3-1-2-4-16(13)18-11-14/h1-8,10-11,21H,9H2,(H,19,20). The van der Waals surface area contributed by atoms with Crippen molar-refractivity contribution in [3.8, 4) is 0 Å². The number of para-hydroxylation sites is 1. The van der Waals surface area contributed by atoms with Crippen LogP contribution in [0.15, 0.2) is 65.7 Å². The van der Waals surface area contributed by atoms with E-state index in [2.05, 4.69) is 22.9 Å². The number of aromatic nitrogens is 1. The van der Waals surface area contributed by atoms with Gasteiger partial charge in [0.25, 0.3) is 0 Å². The number of rotatable bonds is 3. The molecule has 0 aliphatic rings. The number of nitrogens with zero attached hydrogens (tertiary/aromatic N) is 1. The third-order valence-corrected chi connectivity index (χ3v) is 3.47. The molecule has 3 nitrogen and oxygen atoms in total. The Morgan fingerprint density at radius 2 is 1.86 bits per heavy atom. The van der Waals surface area contributed by atoms with Gasteiger partial charge in [-0.2, -0.15) is 0 Å². The van der Waals surface area contributed by atoms with E-state index in [1.54, 1.807) is 6.20 Å². The van der Waals surface area contributed by atoms with Gasteiger partial charge in [0.2, 0.25) is 5.91 Å². The lowest BCUT2D eigenvalue weighted by atomic mass is 10.1.